The molecule has 1 aromatic heterocycles. The van der Waals surface area contributed by atoms with Crippen LogP contribution in [0.1, 0.15) is 33.4 Å². The molecule has 3 aromatic carbocycles. The third kappa shape index (κ3) is 4.30. The van der Waals surface area contributed by atoms with E-state index in [1.54, 1.807) is 32.0 Å². The topological polar surface area (TPSA) is 93.9 Å². The number of aryl methyl sites for hydroxylation is 1. The van der Waals surface area contributed by atoms with Crippen molar-refractivity contribution in [3.63, 3.8) is 0 Å². The highest BCUT2D eigenvalue weighted by Gasteiger charge is 2.33. The number of rotatable bonds is 6. The molecule has 34 heavy (non-hydrogen) atoms. The fraction of sp³-hybridized carbons (Fsp3) is 0.120. The maximum atomic E-state index is 13.6. The van der Waals surface area contributed by atoms with Crippen LogP contribution in [-0.2, 0) is 14.8 Å². The molecule has 0 atom stereocenters. The molecule has 0 saturated heterocycles. The monoisotopic (exact) mass is 497 g/mol. The van der Waals surface area contributed by atoms with Gasteiger partial charge in [-0.05, 0) is 68.4 Å². The Morgan fingerprint density at radius 2 is 1.68 bits per heavy atom. The van der Waals surface area contributed by atoms with E-state index in [4.69, 9.17) is 20.8 Å². The van der Waals surface area contributed by atoms with Crippen molar-refractivity contribution in [2.45, 2.75) is 18.7 Å². The lowest BCUT2D eigenvalue weighted by Gasteiger charge is -2.23. The molecule has 4 aromatic rings. The fourth-order valence-electron chi connectivity index (χ4n) is 3.56. The van der Waals surface area contributed by atoms with Gasteiger partial charge in [0, 0.05) is 16.0 Å². The summed E-state index contributed by atoms with van der Waals surface area (Å²) < 4.78 is 38.8. The van der Waals surface area contributed by atoms with E-state index in [0.29, 0.717) is 26.1 Å². The maximum Gasteiger partial charge on any atom is 0.342 e. The molecule has 0 aliphatic carbocycles. The van der Waals surface area contributed by atoms with Crippen molar-refractivity contribution in [2.24, 2.45) is 0 Å². The van der Waals surface area contributed by atoms with Gasteiger partial charge in [-0.25, -0.2) is 13.2 Å². The van der Waals surface area contributed by atoms with Crippen molar-refractivity contribution in [2.75, 3.05) is 10.9 Å². The number of fused-ring (bicyclic) bond motifs is 1. The van der Waals surface area contributed by atoms with Crippen molar-refractivity contribution in [1.82, 2.24) is 0 Å². The average Bonchev–Trinajstić information content (AvgIpc) is 3.15. The summed E-state index contributed by atoms with van der Waals surface area (Å²) in [6, 6.07) is 17.9. The van der Waals surface area contributed by atoms with E-state index in [1.807, 2.05) is 0 Å². The molecule has 7 nitrogen and oxygen atoms in total. The fourth-order valence-corrected chi connectivity index (χ4v) is 5.12. The third-order valence-electron chi connectivity index (χ3n) is 5.12. The molecule has 0 spiro atoms. The highest BCUT2D eigenvalue weighted by molar-refractivity contribution is 7.93. The summed E-state index contributed by atoms with van der Waals surface area (Å²) in [5.74, 6) is -1.05. The van der Waals surface area contributed by atoms with E-state index in [1.165, 1.54) is 54.6 Å². The van der Waals surface area contributed by atoms with Crippen LogP contribution in [0.2, 0.25) is 5.02 Å². The summed E-state index contributed by atoms with van der Waals surface area (Å²) in [5.41, 5.74) is 0.704. The summed E-state index contributed by atoms with van der Waals surface area (Å²) in [6.07, 6.45) is 0. The van der Waals surface area contributed by atoms with Crippen molar-refractivity contribution < 1.29 is 27.2 Å². The maximum absolute atomic E-state index is 13.6. The van der Waals surface area contributed by atoms with Gasteiger partial charge in [-0.3, -0.25) is 4.79 Å². The highest BCUT2D eigenvalue weighted by Crippen LogP contribution is 2.33. The highest BCUT2D eigenvalue weighted by atomic mass is 35.5. The number of nitrogens with zero attached hydrogens (tertiary/aromatic N) is 1. The van der Waals surface area contributed by atoms with Crippen molar-refractivity contribution >= 4 is 50.2 Å². The van der Waals surface area contributed by atoms with E-state index < -0.39 is 21.9 Å². The van der Waals surface area contributed by atoms with Crippen LogP contribution in [0.5, 0.6) is 0 Å². The van der Waals surface area contributed by atoms with Gasteiger partial charge in [-0.15, -0.1) is 0 Å². The van der Waals surface area contributed by atoms with Gasteiger partial charge in [0.25, 0.3) is 15.9 Å². The summed E-state index contributed by atoms with van der Waals surface area (Å²) >= 11 is 5.94. The zero-order valence-electron chi connectivity index (χ0n) is 18.3. The largest absolute Gasteiger partial charge is 0.462 e. The molecule has 4 rings (SSSR count). The molecule has 1 amide bonds. The van der Waals surface area contributed by atoms with Crippen LogP contribution in [0.25, 0.3) is 11.0 Å². The first-order valence-corrected chi connectivity index (χ1v) is 12.2. The predicted octanol–water partition coefficient (Wildman–Crippen LogP) is 5.61. The van der Waals surface area contributed by atoms with Crippen LogP contribution < -0.4 is 4.31 Å². The lowest BCUT2D eigenvalue weighted by Crippen LogP contribution is -2.37. The van der Waals surface area contributed by atoms with Crippen LogP contribution in [0.3, 0.4) is 0 Å². The Kier molecular flexibility index (Phi) is 6.45. The minimum Gasteiger partial charge on any atom is -0.462 e. The molecule has 0 saturated carbocycles. The summed E-state index contributed by atoms with van der Waals surface area (Å²) in [6.45, 7) is 3.46. The van der Waals surface area contributed by atoms with E-state index in [0.717, 1.165) is 0 Å². The van der Waals surface area contributed by atoms with Crippen molar-refractivity contribution in [1.29, 1.82) is 0 Å². The Hall–Kier alpha value is -3.62. The van der Waals surface area contributed by atoms with Crippen molar-refractivity contribution in [3.05, 3.63) is 94.7 Å². The number of sulfonamides is 1. The lowest BCUT2D eigenvalue weighted by atomic mass is 10.1. The first-order valence-electron chi connectivity index (χ1n) is 10.3. The number of anilines is 1. The smallest absolute Gasteiger partial charge is 0.342 e. The number of halogens is 1. The molecule has 0 bridgehead atoms. The van der Waals surface area contributed by atoms with E-state index in [-0.39, 0.29) is 28.3 Å². The van der Waals surface area contributed by atoms with E-state index >= 15 is 0 Å². The molecule has 9 heteroatoms. The lowest BCUT2D eigenvalue weighted by molar-refractivity contribution is 0.0526. The predicted molar refractivity (Wildman–Crippen MR) is 129 cm³/mol. The molecule has 1 heterocycles. The number of amides is 1. The number of benzene rings is 3. The Morgan fingerprint density at radius 3 is 2.32 bits per heavy atom. The van der Waals surface area contributed by atoms with Gasteiger partial charge in [0.15, 0.2) is 0 Å². The summed E-state index contributed by atoms with van der Waals surface area (Å²) in [5, 5.41) is 0.744. The van der Waals surface area contributed by atoms with Crippen LogP contribution in [0, 0.1) is 6.92 Å². The normalized spacial score (nSPS) is 11.4. The van der Waals surface area contributed by atoms with Gasteiger partial charge in [0.1, 0.15) is 16.9 Å². The Balaban J connectivity index is 1.93. The first-order chi connectivity index (χ1) is 16.2. The zero-order valence-corrected chi connectivity index (χ0v) is 19.9. The Bertz CT molecular complexity index is 1480. The third-order valence-corrected chi connectivity index (χ3v) is 7.10. The second kappa shape index (κ2) is 9.32. The number of hydrogen-bond donors (Lipinski definition) is 0. The van der Waals surface area contributed by atoms with Gasteiger partial charge in [0.05, 0.1) is 17.2 Å². The number of esters is 1. The minimum absolute atomic E-state index is 0.0441. The molecular formula is C25H20ClNO6S. The van der Waals surface area contributed by atoms with Crippen molar-refractivity contribution in [3.8, 4) is 0 Å². The SMILES string of the molecule is CCOC(=O)c1c(C)oc2ccc(N(C(=O)c3ccc(Cl)cc3)S(=O)(=O)c3ccccc3)cc12. The first kappa shape index (κ1) is 23.5. The quantitative estimate of drug-likeness (QED) is 0.321. The van der Waals surface area contributed by atoms with Crippen LogP contribution in [0.15, 0.2) is 82.1 Å². The molecule has 0 N–H and O–H groups in total. The Morgan fingerprint density at radius 1 is 1.00 bits per heavy atom. The number of ether oxygens (including phenoxy) is 1. The molecular weight excluding hydrogens is 478 g/mol. The minimum atomic E-state index is -4.31. The number of hydrogen-bond acceptors (Lipinski definition) is 6. The molecule has 0 unspecified atom stereocenters. The molecule has 0 radical (unpaired) electrons. The van der Waals surface area contributed by atoms with Gasteiger partial charge in [0.2, 0.25) is 0 Å². The second-order valence-electron chi connectivity index (χ2n) is 7.33. The van der Waals surface area contributed by atoms with Gasteiger partial charge in [-0.1, -0.05) is 29.8 Å². The number of carbonyl (C=O) groups is 2. The average molecular weight is 498 g/mol. The summed E-state index contributed by atoms with van der Waals surface area (Å²) in [7, 11) is -4.31. The van der Waals surface area contributed by atoms with Crippen LogP contribution in [0.4, 0.5) is 5.69 Å². The molecule has 0 fully saturated rings. The van der Waals surface area contributed by atoms with E-state index in [2.05, 4.69) is 0 Å². The van der Waals surface area contributed by atoms with Gasteiger partial charge < -0.3 is 9.15 Å². The van der Waals surface area contributed by atoms with Crippen LogP contribution in [-0.4, -0.2) is 26.9 Å². The second-order valence-corrected chi connectivity index (χ2v) is 9.55. The van der Waals surface area contributed by atoms with Gasteiger partial charge in [-0.2, -0.15) is 4.31 Å². The van der Waals surface area contributed by atoms with Crippen LogP contribution >= 0.6 is 11.6 Å². The number of carbonyl (C=O) groups excluding carboxylic acids is 2. The zero-order chi connectivity index (χ0) is 24.5. The molecule has 0 aliphatic heterocycles. The standard InChI is InChI=1S/C25H20ClNO6S/c1-3-32-25(29)23-16(2)33-22-14-13-19(15-21(22)23)27(24(28)17-9-11-18(26)12-10-17)34(30,31)20-7-5-4-6-8-20/h4-15H,3H2,1-2H3. The number of furan rings is 1. The Labute approximate surface area is 201 Å². The molecule has 0 aliphatic rings. The molecule has 174 valence electrons. The van der Waals surface area contributed by atoms with E-state index in [9.17, 15) is 18.0 Å². The van der Waals surface area contributed by atoms with Gasteiger partial charge >= 0.3 is 5.97 Å². The summed E-state index contributed by atoms with van der Waals surface area (Å²) in [4.78, 5) is 26.0.